The minimum atomic E-state index is -1.78. The van der Waals surface area contributed by atoms with Crippen LogP contribution in [0.3, 0.4) is 0 Å². The highest BCUT2D eigenvalue weighted by Gasteiger charge is 2.51. The van der Waals surface area contributed by atoms with Crippen LogP contribution in [-0.4, -0.2) is 140 Å². The molecule has 0 spiro atoms. The van der Waals surface area contributed by atoms with E-state index in [1.165, 1.54) is 398 Å². The molecule has 2 rings (SSSR count). The van der Waals surface area contributed by atoms with Crippen molar-refractivity contribution in [3.63, 3.8) is 0 Å². The molecule has 0 saturated carbocycles. The molecule has 104 heavy (non-hydrogen) atoms. The van der Waals surface area contributed by atoms with E-state index >= 15 is 0 Å². The maximum Gasteiger partial charge on any atom is 0.220 e. The number of hydrogen-bond donors (Lipinski definition) is 9. The fourth-order valence-electron chi connectivity index (χ4n) is 16.1. The fourth-order valence-corrected chi connectivity index (χ4v) is 16.1. The van der Waals surface area contributed by atoms with E-state index in [0.717, 1.165) is 51.4 Å². The molecule has 1 amide bonds. The van der Waals surface area contributed by atoms with E-state index in [2.05, 4.69) is 19.2 Å². The quantitative estimate of drug-likeness (QED) is 0.0259. The van der Waals surface area contributed by atoms with Crippen molar-refractivity contribution in [2.45, 2.75) is 550 Å². The molecule has 9 N–H and O–H groups in total. The topological polar surface area (TPSA) is 228 Å². The second kappa shape index (κ2) is 74.7. The Kier molecular flexibility index (Phi) is 71.2. The molecule has 2 aliphatic rings. The van der Waals surface area contributed by atoms with Gasteiger partial charge in [0.2, 0.25) is 5.91 Å². The van der Waals surface area contributed by atoms with E-state index in [9.17, 15) is 45.6 Å². The summed E-state index contributed by atoms with van der Waals surface area (Å²) in [6, 6.07) is -0.827. The molecular formula is C90H177NO13. The highest BCUT2D eigenvalue weighted by atomic mass is 16.7. The van der Waals surface area contributed by atoms with Gasteiger partial charge in [-0.05, 0) is 12.8 Å². The minimum Gasteiger partial charge on any atom is -0.394 e. The zero-order chi connectivity index (χ0) is 75.1. The molecular weight excluding hydrogens is 1300 g/mol. The van der Waals surface area contributed by atoms with Gasteiger partial charge in [-0.3, -0.25) is 4.79 Å². The van der Waals surface area contributed by atoms with Gasteiger partial charge in [-0.15, -0.1) is 0 Å². The highest BCUT2D eigenvalue weighted by Crippen LogP contribution is 2.31. The standard InChI is InChI=1S/C90H177NO13/c1-3-5-7-9-11-13-15-17-19-21-23-25-27-29-31-33-35-37-38-39-40-42-44-46-48-50-52-54-56-58-60-62-64-66-68-70-72-74-82(95)91-78(77-101-89-87(100)85(98)88(81(76-93)103-89)104-90-86(99)84(97)83(96)80(75-92)102-90)79(94)73-71-69-67-65-63-61-59-57-55-53-51-49-47-45-43-41-36-34-32-30-28-26-24-22-20-18-16-14-12-10-8-6-4-2/h78-81,83-90,92-94,96-100H,3-77H2,1-2H3,(H,91,95). The molecule has 0 bridgehead atoms. The largest absolute Gasteiger partial charge is 0.394 e. The van der Waals surface area contributed by atoms with Gasteiger partial charge in [-0.1, -0.05) is 457 Å². The number of amides is 1. The van der Waals surface area contributed by atoms with Gasteiger partial charge in [0.1, 0.15) is 48.8 Å². The van der Waals surface area contributed by atoms with Crippen molar-refractivity contribution in [1.29, 1.82) is 0 Å². The first kappa shape index (κ1) is 99.1. The van der Waals surface area contributed by atoms with Crippen LogP contribution in [-0.2, 0) is 23.7 Å². The third-order valence-electron chi connectivity index (χ3n) is 23.3. The number of rotatable bonds is 81. The van der Waals surface area contributed by atoms with E-state index in [1.54, 1.807) is 0 Å². The first-order chi connectivity index (χ1) is 51.1. The predicted octanol–water partition coefficient (Wildman–Crippen LogP) is 22.6. The summed E-state index contributed by atoms with van der Waals surface area (Å²) in [5.74, 6) is -0.193. The Hall–Kier alpha value is -1.01. The van der Waals surface area contributed by atoms with E-state index in [1.807, 2.05) is 0 Å². The fraction of sp³-hybridized carbons (Fsp3) is 0.989. The molecule has 2 fully saturated rings. The number of carbonyl (C=O) groups is 1. The number of unbranched alkanes of at least 4 members (excludes halogenated alkanes) is 68. The van der Waals surface area contributed by atoms with Crippen LogP contribution in [0.2, 0.25) is 0 Å². The Morgan fingerprint density at radius 3 is 0.817 bits per heavy atom. The van der Waals surface area contributed by atoms with Gasteiger partial charge < -0.3 is 65.1 Å². The van der Waals surface area contributed by atoms with Crippen LogP contribution in [0.15, 0.2) is 0 Å². The lowest BCUT2D eigenvalue weighted by Gasteiger charge is -2.46. The van der Waals surface area contributed by atoms with Crippen LogP contribution in [0.25, 0.3) is 0 Å². The second-order valence-electron chi connectivity index (χ2n) is 33.2. The molecule has 0 aliphatic carbocycles. The van der Waals surface area contributed by atoms with Gasteiger partial charge in [0, 0.05) is 6.42 Å². The number of carbonyl (C=O) groups excluding carboxylic acids is 1. The number of hydrogen-bond acceptors (Lipinski definition) is 13. The summed E-state index contributed by atoms with van der Waals surface area (Å²) in [6.07, 6.45) is 79.1. The number of aliphatic hydroxyl groups is 8. The zero-order valence-corrected chi connectivity index (χ0v) is 68.6. The van der Waals surface area contributed by atoms with E-state index < -0.39 is 86.8 Å². The minimum absolute atomic E-state index is 0.193. The first-order valence-electron chi connectivity index (χ1n) is 46.3. The van der Waals surface area contributed by atoms with Crippen LogP contribution in [0.4, 0.5) is 0 Å². The third kappa shape index (κ3) is 56.2. The average molecular weight is 1480 g/mol. The highest BCUT2D eigenvalue weighted by molar-refractivity contribution is 5.76. The number of aliphatic hydroxyl groups excluding tert-OH is 8. The van der Waals surface area contributed by atoms with Crippen molar-refractivity contribution in [2.75, 3.05) is 19.8 Å². The lowest BCUT2D eigenvalue weighted by Crippen LogP contribution is -2.65. The van der Waals surface area contributed by atoms with Gasteiger partial charge >= 0.3 is 0 Å². The summed E-state index contributed by atoms with van der Waals surface area (Å²) in [5, 5.41) is 88.1. The molecule has 0 aromatic carbocycles. The summed E-state index contributed by atoms with van der Waals surface area (Å²) in [5.41, 5.74) is 0. The van der Waals surface area contributed by atoms with Gasteiger partial charge in [0.15, 0.2) is 12.6 Å². The van der Waals surface area contributed by atoms with Crippen molar-refractivity contribution in [2.24, 2.45) is 0 Å². The van der Waals surface area contributed by atoms with E-state index in [4.69, 9.17) is 18.9 Å². The molecule has 0 aromatic rings. The number of nitrogens with one attached hydrogen (secondary N) is 1. The van der Waals surface area contributed by atoms with Crippen molar-refractivity contribution < 1.29 is 64.6 Å². The molecule has 2 aliphatic heterocycles. The maximum absolute atomic E-state index is 13.4. The summed E-state index contributed by atoms with van der Waals surface area (Å²) < 4.78 is 23.0. The molecule has 12 atom stereocenters. The Morgan fingerprint density at radius 1 is 0.308 bits per heavy atom. The van der Waals surface area contributed by atoms with Crippen LogP contribution in [0.5, 0.6) is 0 Å². The monoisotopic (exact) mass is 1480 g/mol. The molecule has 14 heteroatoms. The van der Waals surface area contributed by atoms with Gasteiger partial charge in [0.05, 0.1) is 32.0 Å². The molecule has 14 nitrogen and oxygen atoms in total. The Bertz CT molecular complexity index is 1750. The van der Waals surface area contributed by atoms with Crippen LogP contribution in [0.1, 0.15) is 476 Å². The zero-order valence-electron chi connectivity index (χ0n) is 68.6. The summed E-state index contributed by atoms with van der Waals surface area (Å²) >= 11 is 0. The lowest BCUT2D eigenvalue weighted by atomic mass is 9.97. The molecule has 2 heterocycles. The number of ether oxygens (including phenoxy) is 4. The Labute approximate surface area is 642 Å². The smallest absolute Gasteiger partial charge is 0.220 e. The summed E-state index contributed by atoms with van der Waals surface area (Å²) in [6.45, 7) is 2.96. The van der Waals surface area contributed by atoms with Gasteiger partial charge in [-0.2, -0.15) is 0 Å². The SMILES string of the molecule is CCCCCCCCCCCCCCCCCCCCCCCCCCCCCCCCCCCCCCCC(=O)NC(COC1OC(CO)C(OC2OC(CO)C(O)C(O)C2O)C(O)C1O)C(O)CCCCCCCCCCCCCCCCCCCCCCCCCCCCCCCCCCC. The van der Waals surface area contributed by atoms with Crippen molar-refractivity contribution in [1.82, 2.24) is 5.32 Å². The Balaban J connectivity index is 1.54. The second-order valence-corrected chi connectivity index (χ2v) is 33.2. The first-order valence-corrected chi connectivity index (χ1v) is 46.3. The van der Waals surface area contributed by atoms with E-state index in [-0.39, 0.29) is 12.5 Å². The molecule has 620 valence electrons. The molecule has 2 saturated heterocycles. The lowest BCUT2D eigenvalue weighted by molar-refractivity contribution is -0.359. The maximum atomic E-state index is 13.4. The van der Waals surface area contributed by atoms with E-state index in [0.29, 0.717) is 12.8 Å². The van der Waals surface area contributed by atoms with Crippen molar-refractivity contribution in [3.8, 4) is 0 Å². The predicted molar refractivity (Wildman–Crippen MR) is 434 cm³/mol. The van der Waals surface area contributed by atoms with Crippen LogP contribution < -0.4 is 5.32 Å². The Morgan fingerprint density at radius 2 is 0.548 bits per heavy atom. The van der Waals surface area contributed by atoms with Crippen molar-refractivity contribution >= 4 is 5.91 Å². The summed E-state index contributed by atoms with van der Waals surface area (Å²) in [7, 11) is 0. The van der Waals surface area contributed by atoms with Gasteiger partial charge in [0.25, 0.3) is 0 Å². The molecule has 0 radical (unpaired) electrons. The van der Waals surface area contributed by atoms with Crippen LogP contribution in [0, 0.1) is 0 Å². The van der Waals surface area contributed by atoms with Crippen molar-refractivity contribution in [3.05, 3.63) is 0 Å². The average Bonchev–Trinajstić information content (AvgIpc) is 0.790. The third-order valence-corrected chi connectivity index (χ3v) is 23.3. The van der Waals surface area contributed by atoms with Crippen LogP contribution >= 0.6 is 0 Å². The molecule has 0 aromatic heterocycles. The van der Waals surface area contributed by atoms with Gasteiger partial charge in [-0.25, -0.2) is 0 Å². The normalized spacial score (nSPS) is 21.3. The molecule has 12 unspecified atom stereocenters. The summed E-state index contributed by atoms with van der Waals surface area (Å²) in [4.78, 5) is 13.4.